The third-order valence-corrected chi connectivity index (χ3v) is 7.73. The van der Waals surface area contributed by atoms with Crippen LogP contribution < -0.4 is 0 Å². The second-order valence-electron chi connectivity index (χ2n) is 6.25. The monoisotopic (exact) mass is 419 g/mol. The fraction of sp³-hybridized carbons (Fsp3) is 0.100. The minimum absolute atomic E-state index is 0.203. The van der Waals surface area contributed by atoms with E-state index in [1.807, 2.05) is 6.92 Å². The van der Waals surface area contributed by atoms with Crippen molar-refractivity contribution in [2.45, 2.75) is 23.1 Å². The second kappa shape index (κ2) is 6.78. The summed E-state index contributed by atoms with van der Waals surface area (Å²) in [6, 6.07) is 14.3. The van der Waals surface area contributed by atoms with Gasteiger partial charge in [0.2, 0.25) is 9.84 Å². The number of rotatable bonds is 4. The zero-order valence-electron chi connectivity index (χ0n) is 14.3. The Morgan fingerprint density at radius 2 is 1.85 bits per heavy atom. The van der Waals surface area contributed by atoms with Crippen LogP contribution in [0.25, 0.3) is 10.9 Å². The van der Waals surface area contributed by atoms with Crippen LogP contribution in [0, 0.1) is 12.7 Å². The first-order valence-electron chi connectivity index (χ1n) is 8.21. The Hall–Kier alpha value is -2.15. The van der Waals surface area contributed by atoms with Crippen molar-refractivity contribution >= 4 is 43.7 Å². The van der Waals surface area contributed by atoms with E-state index in [9.17, 15) is 12.8 Å². The smallest absolute Gasteiger partial charge is 0.207 e. The van der Waals surface area contributed by atoms with Crippen molar-refractivity contribution in [2.24, 2.45) is 0 Å². The summed E-state index contributed by atoms with van der Waals surface area (Å²) in [7, 11) is -3.68. The lowest BCUT2D eigenvalue weighted by atomic mass is 10.1. The quantitative estimate of drug-likeness (QED) is 0.457. The van der Waals surface area contributed by atoms with Crippen LogP contribution in [0.4, 0.5) is 4.39 Å². The molecule has 0 saturated heterocycles. The molecule has 138 valence electrons. The summed E-state index contributed by atoms with van der Waals surface area (Å²) >= 11 is 7.40. The molecule has 0 bridgehead atoms. The van der Waals surface area contributed by atoms with Gasteiger partial charge in [-0.05, 0) is 48.9 Å². The van der Waals surface area contributed by atoms with E-state index in [0.717, 1.165) is 22.2 Å². The van der Waals surface area contributed by atoms with E-state index < -0.39 is 9.84 Å². The van der Waals surface area contributed by atoms with Crippen LogP contribution in [0.1, 0.15) is 16.1 Å². The van der Waals surface area contributed by atoms with Crippen LogP contribution in [0.5, 0.6) is 0 Å². The summed E-state index contributed by atoms with van der Waals surface area (Å²) in [6.07, 6.45) is 0.355. The van der Waals surface area contributed by atoms with E-state index in [1.54, 1.807) is 36.4 Å². The first-order valence-corrected chi connectivity index (χ1v) is 10.9. The molecule has 4 rings (SSSR count). The minimum atomic E-state index is -3.68. The highest BCUT2D eigenvalue weighted by Crippen LogP contribution is 2.37. The molecule has 4 aromatic rings. The number of benzene rings is 2. The van der Waals surface area contributed by atoms with Gasteiger partial charge in [-0.2, -0.15) is 0 Å². The Morgan fingerprint density at radius 1 is 1.11 bits per heavy atom. The van der Waals surface area contributed by atoms with Crippen LogP contribution in [0.2, 0.25) is 4.34 Å². The highest BCUT2D eigenvalue weighted by Gasteiger charge is 2.25. The number of nitrogens with one attached hydrogen (secondary N) is 1. The molecule has 0 radical (unpaired) electrons. The summed E-state index contributed by atoms with van der Waals surface area (Å²) in [6.45, 7) is 1.90. The minimum Gasteiger partial charge on any atom is -0.358 e. The molecule has 0 amide bonds. The number of aromatic amines is 1. The summed E-state index contributed by atoms with van der Waals surface area (Å²) in [4.78, 5) is 4.29. The van der Waals surface area contributed by atoms with Gasteiger partial charge in [-0.15, -0.1) is 11.3 Å². The zero-order valence-corrected chi connectivity index (χ0v) is 16.7. The molecule has 0 saturated carbocycles. The number of aryl methyl sites for hydroxylation is 1. The van der Waals surface area contributed by atoms with Crippen molar-refractivity contribution in [3.8, 4) is 0 Å². The van der Waals surface area contributed by atoms with Gasteiger partial charge in [0.15, 0.2) is 0 Å². The maximum absolute atomic E-state index is 13.7. The van der Waals surface area contributed by atoms with Gasteiger partial charge in [0.1, 0.15) is 5.82 Å². The van der Waals surface area contributed by atoms with Crippen molar-refractivity contribution < 1.29 is 12.8 Å². The number of hydrogen-bond acceptors (Lipinski definition) is 3. The first kappa shape index (κ1) is 18.2. The van der Waals surface area contributed by atoms with Crippen molar-refractivity contribution in [1.82, 2.24) is 4.98 Å². The Balaban J connectivity index is 1.84. The molecule has 0 atom stereocenters. The lowest BCUT2D eigenvalue weighted by Gasteiger charge is -2.07. The molecule has 0 spiro atoms. The third-order valence-electron chi connectivity index (χ3n) is 4.50. The van der Waals surface area contributed by atoms with E-state index >= 15 is 0 Å². The van der Waals surface area contributed by atoms with Gasteiger partial charge < -0.3 is 4.98 Å². The van der Waals surface area contributed by atoms with E-state index in [1.165, 1.54) is 29.5 Å². The molecule has 0 unspecified atom stereocenters. The fourth-order valence-corrected chi connectivity index (χ4v) is 6.39. The van der Waals surface area contributed by atoms with Crippen molar-refractivity contribution in [3.05, 3.63) is 80.9 Å². The largest absolute Gasteiger partial charge is 0.358 e. The van der Waals surface area contributed by atoms with Gasteiger partial charge in [-0.1, -0.05) is 29.8 Å². The van der Waals surface area contributed by atoms with Gasteiger partial charge in [0.05, 0.1) is 14.1 Å². The van der Waals surface area contributed by atoms with Crippen LogP contribution in [-0.4, -0.2) is 13.4 Å². The number of hydrogen-bond donors (Lipinski definition) is 1. The van der Waals surface area contributed by atoms with Gasteiger partial charge in [0, 0.05) is 27.9 Å². The highest BCUT2D eigenvalue weighted by atomic mass is 35.5. The molecule has 0 aliphatic rings. The summed E-state index contributed by atoms with van der Waals surface area (Å²) in [5, 5.41) is 0.750. The average Bonchev–Trinajstić information content (AvgIpc) is 3.16. The maximum atomic E-state index is 13.7. The summed E-state index contributed by atoms with van der Waals surface area (Å²) in [5.41, 5.74) is 2.56. The van der Waals surface area contributed by atoms with E-state index in [0.29, 0.717) is 15.6 Å². The SMILES string of the molecule is Cc1[nH]c2ccc(F)cc2c1Cc1sc(Cl)cc1S(=O)(=O)c1ccccc1. The molecule has 2 aromatic carbocycles. The molecule has 0 fully saturated rings. The number of halogens is 2. The summed E-state index contributed by atoms with van der Waals surface area (Å²) in [5.74, 6) is -0.330. The van der Waals surface area contributed by atoms with Crippen molar-refractivity contribution in [2.75, 3.05) is 0 Å². The molecule has 1 N–H and O–H groups in total. The Bertz CT molecular complexity index is 1240. The van der Waals surface area contributed by atoms with E-state index in [2.05, 4.69) is 4.98 Å². The summed E-state index contributed by atoms with van der Waals surface area (Å²) < 4.78 is 40.3. The molecule has 2 heterocycles. The lowest BCUT2D eigenvalue weighted by Crippen LogP contribution is -2.03. The van der Waals surface area contributed by atoms with E-state index in [4.69, 9.17) is 11.6 Å². The number of H-pyrrole nitrogens is 1. The molecule has 0 aliphatic heterocycles. The van der Waals surface area contributed by atoms with Gasteiger partial charge in [-0.25, -0.2) is 12.8 Å². The predicted octanol–water partition coefficient (Wildman–Crippen LogP) is 5.75. The highest BCUT2D eigenvalue weighted by molar-refractivity contribution is 7.91. The number of thiophene rings is 1. The number of aromatic nitrogens is 1. The molecule has 2 aromatic heterocycles. The topological polar surface area (TPSA) is 49.9 Å². The fourth-order valence-electron chi connectivity index (χ4n) is 3.20. The second-order valence-corrected chi connectivity index (χ2v) is 9.94. The third kappa shape index (κ3) is 3.29. The van der Waals surface area contributed by atoms with E-state index in [-0.39, 0.29) is 15.6 Å². The Morgan fingerprint density at radius 3 is 2.59 bits per heavy atom. The Labute approximate surface area is 165 Å². The van der Waals surface area contributed by atoms with Gasteiger partial charge in [-0.3, -0.25) is 0 Å². The predicted molar refractivity (Wildman–Crippen MR) is 107 cm³/mol. The molecule has 0 aliphatic carbocycles. The maximum Gasteiger partial charge on any atom is 0.207 e. The zero-order chi connectivity index (χ0) is 19.2. The first-order chi connectivity index (χ1) is 12.9. The molecule has 7 heteroatoms. The van der Waals surface area contributed by atoms with Crippen LogP contribution in [0.15, 0.2) is 64.4 Å². The van der Waals surface area contributed by atoms with Gasteiger partial charge >= 0.3 is 0 Å². The van der Waals surface area contributed by atoms with Crippen LogP contribution >= 0.6 is 22.9 Å². The molecular formula is C20H15ClFNO2S2. The van der Waals surface area contributed by atoms with Crippen molar-refractivity contribution in [1.29, 1.82) is 0 Å². The van der Waals surface area contributed by atoms with Crippen molar-refractivity contribution in [3.63, 3.8) is 0 Å². The number of sulfone groups is 1. The lowest BCUT2D eigenvalue weighted by molar-refractivity contribution is 0.595. The Kier molecular flexibility index (Phi) is 4.58. The standard InChI is InChI=1S/C20H15ClFNO2S2/c1-12-15(16-9-13(22)7-8-17(16)23-12)10-18-19(11-20(21)26-18)27(24,25)14-5-3-2-4-6-14/h2-9,11,23H,10H2,1H3. The van der Waals surface area contributed by atoms with Gasteiger partial charge in [0.25, 0.3) is 0 Å². The normalized spacial score (nSPS) is 12.0. The van der Waals surface area contributed by atoms with Crippen LogP contribution in [0.3, 0.4) is 0 Å². The number of fused-ring (bicyclic) bond motifs is 1. The average molecular weight is 420 g/mol. The van der Waals surface area contributed by atoms with Crippen LogP contribution in [-0.2, 0) is 16.3 Å². The molecule has 3 nitrogen and oxygen atoms in total. The molecule has 27 heavy (non-hydrogen) atoms. The molecular weight excluding hydrogens is 405 g/mol.